The van der Waals surface area contributed by atoms with Crippen molar-refractivity contribution in [3.05, 3.63) is 12.2 Å². The third-order valence-corrected chi connectivity index (χ3v) is 2.61. The molecule has 0 aliphatic heterocycles. The molecule has 0 spiro atoms. The van der Waals surface area contributed by atoms with Gasteiger partial charge in [-0.1, -0.05) is 39.7 Å². The number of hydrogen-bond acceptors (Lipinski definition) is 2. The Labute approximate surface area is 93.7 Å². The van der Waals surface area contributed by atoms with Gasteiger partial charge in [0, 0.05) is 5.57 Å². The van der Waals surface area contributed by atoms with E-state index in [1.54, 1.807) is 6.92 Å². The minimum atomic E-state index is -0.265. The van der Waals surface area contributed by atoms with Crippen molar-refractivity contribution in [1.82, 2.24) is 0 Å². The molecule has 0 rings (SSSR count). The van der Waals surface area contributed by atoms with Crippen molar-refractivity contribution in [2.45, 2.75) is 52.9 Å². The Balaban J connectivity index is 3.52. The minimum absolute atomic E-state index is 0.265. The molecule has 0 aromatic rings. The van der Waals surface area contributed by atoms with Gasteiger partial charge in [-0.15, -0.1) is 0 Å². The van der Waals surface area contributed by atoms with Gasteiger partial charge in [0.2, 0.25) is 0 Å². The summed E-state index contributed by atoms with van der Waals surface area (Å²) in [6, 6.07) is 0. The lowest BCUT2D eigenvalue weighted by molar-refractivity contribution is -0.139. The van der Waals surface area contributed by atoms with Gasteiger partial charge in [-0.3, -0.25) is 0 Å². The summed E-state index contributed by atoms with van der Waals surface area (Å²) in [5, 5.41) is 0. The van der Waals surface area contributed by atoms with Crippen molar-refractivity contribution in [2.24, 2.45) is 5.92 Å². The fourth-order valence-corrected chi connectivity index (χ4v) is 1.62. The molecule has 15 heavy (non-hydrogen) atoms. The molecule has 0 fully saturated rings. The molecule has 0 aliphatic rings. The first-order valence-corrected chi connectivity index (χ1v) is 5.94. The molecule has 0 saturated carbocycles. The molecule has 0 aromatic heterocycles. The second kappa shape index (κ2) is 8.51. The Morgan fingerprint density at radius 1 is 1.33 bits per heavy atom. The van der Waals surface area contributed by atoms with Crippen LogP contribution in [-0.2, 0) is 9.53 Å². The van der Waals surface area contributed by atoms with Crippen LogP contribution in [0.25, 0.3) is 0 Å². The van der Waals surface area contributed by atoms with Gasteiger partial charge < -0.3 is 4.74 Å². The van der Waals surface area contributed by atoms with Crippen molar-refractivity contribution in [2.75, 3.05) is 6.61 Å². The standard InChI is InChI=1S/C13H24O2/c1-5-8-12(6-2)9-7-10-15-13(14)11(3)4/h12H,3,5-10H2,1-2,4H3. The van der Waals surface area contributed by atoms with Crippen LogP contribution in [0.5, 0.6) is 0 Å². The van der Waals surface area contributed by atoms with Gasteiger partial charge in [0.25, 0.3) is 0 Å². The predicted molar refractivity (Wildman–Crippen MR) is 63.7 cm³/mol. The number of ether oxygens (including phenoxy) is 1. The van der Waals surface area contributed by atoms with E-state index in [-0.39, 0.29) is 5.97 Å². The van der Waals surface area contributed by atoms with Gasteiger partial charge in [0.1, 0.15) is 0 Å². The van der Waals surface area contributed by atoms with E-state index in [1.165, 1.54) is 19.3 Å². The fraction of sp³-hybridized carbons (Fsp3) is 0.769. The van der Waals surface area contributed by atoms with Crippen molar-refractivity contribution < 1.29 is 9.53 Å². The Hall–Kier alpha value is -0.790. The van der Waals surface area contributed by atoms with E-state index < -0.39 is 0 Å². The van der Waals surface area contributed by atoms with Gasteiger partial charge in [0.15, 0.2) is 0 Å². The van der Waals surface area contributed by atoms with Crippen molar-refractivity contribution >= 4 is 5.97 Å². The van der Waals surface area contributed by atoms with Crippen LogP contribution in [0.15, 0.2) is 12.2 Å². The third-order valence-electron chi connectivity index (χ3n) is 2.61. The molecular weight excluding hydrogens is 188 g/mol. The SMILES string of the molecule is C=C(C)C(=O)OCCCC(CC)CCC. The summed E-state index contributed by atoms with van der Waals surface area (Å²) in [5.41, 5.74) is 0.482. The minimum Gasteiger partial charge on any atom is -0.462 e. The molecule has 2 heteroatoms. The number of carbonyl (C=O) groups is 1. The fourth-order valence-electron chi connectivity index (χ4n) is 1.62. The lowest BCUT2D eigenvalue weighted by Crippen LogP contribution is -2.08. The average Bonchev–Trinajstić information content (AvgIpc) is 2.22. The largest absolute Gasteiger partial charge is 0.462 e. The highest BCUT2D eigenvalue weighted by Crippen LogP contribution is 2.16. The monoisotopic (exact) mass is 212 g/mol. The molecule has 1 unspecified atom stereocenters. The van der Waals surface area contributed by atoms with Crippen LogP contribution in [0, 0.1) is 5.92 Å². The van der Waals surface area contributed by atoms with Crippen LogP contribution in [0.2, 0.25) is 0 Å². The van der Waals surface area contributed by atoms with E-state index >= 15 is 0 Å². The summed E-state index contributed by atoms with van der Waals surface area (Å²) in [6.07, 6.45) is 5.88. The summed E-state index contributed by atoms with van der Waals surface area (Å²) in [6.45, 7) is 10.2. The molecule has 1 atom stereocenters. The van der Waals surface area contributed by atoms with Gasteiger partial charge >= 0.3 is 5.97 Å². The maximum atomic E-state index is 11.1. The highest BCUT2D eigenvalue weighted by Gasteiger charge is 2.06. The summed E-state index contributed by atoms with van der Waals surface area (Å²) >= 11 is 0. The highest BCUT2D eigenvalue weighted by molar-refractivity contribution is 5.86. The van der Waals surface area contributed by atoms with Crippen molar-refractivity contribution in [3.8, 4) is 0 Å². The normalized spacial score (nSPS) is 12.2. The number of hydrogen-bond donors (Lipinski definition) is 0. The summed E-state index contributed by atoms with van der Waals surface area (Å²) in [5.74, 6) is 0.525. The number of esters is 1. The molecule has 88 valence electrons. The van der Waals surface area contributed by atoms with Gasteiger partial charge in [-0.2, -0.15) is 0 Å². The van der Waals surface area contributed by atoms with E-state index in [0.29, 0.717) is 12.2 Å². The van der Waals surface area contributed by atoms with Crippen molar-refractivity contribution in [1.29, 1.82) is 0 Å². The molecule has 0 saturated heterocycles. The molecule has 0 aliphatic carbocycles. The Morgan fingerprint density at radius 3 is 2.47 bits per heavy atom. The average molecular weight is 212 g/mol. The molecule has 2 nitrogen and oxygen atoms in total. The first-order chi connectivity index (χ1) is 7.11. The molecule has 0 heterocycles. The zero-order valence-corrected chi connectivity index (χ0v) is 10.3. The predicted octanol–water partition coefficient (Wildman–Crippen LogP) is 3.71. The zero-order valence-electron chi connectivity index (χ0n) is 10.3. The van der Waals surface area contributed by atoms with Crippen LogP contribution in [-0.4, -0.2) is 12.6 Å². The Bertz CT molecular complexity index is 197. The lowest BCUT2D eigenvalue weighted by Gasteiger charge is -2.13. The quantitative estimate of drug-likeness (QED) is 0.348. The first-order valence-electron chi connectivity index (χ1n) is 5.94. The Morgan fingerprint density at radius 2 is 2.00 bits per heavy atom. The summed E-state index contributed by atoms with van der Waals surface area (Å²) in [4.78, 5) is 11.1. The number of carbonyl (C=O) groups excluding carboxylic acids is 1. The van der Waals surface area contributed by atoms with Gasteiger partial charge in [-0.25, -0.2) is 4.79 Å². The van der Waals surface area contributed by atoms with E-state index in [1.807, 2.05) is 0 Å². The Kier molecular flexibility index (Phi) is 8.06. The van der Waals surface area contributed by atoms with Crippen LogP contribution in [0.4, 0.5) is 0 Å². The third kappa shape index (κ3) is 7.18. The van der Waals surface area contributed by atoms with E-state index in [9.17, 15) is 4.79 Å². The summed E-state index contributed by atoms with van der Waals surface area (Å²) in [7, 11) is 0. The molecule has 0 N–H and O–H groups in total. The maximum Gasteiger partial charge on any atom is 0.333 e. The molecule has 0 radical (unpaired) electrons. The van der Waals surface area contributed by atoms with Crippen molar-refractivity contribution in [3.63, 3.8) is 0 Å². The zero-order chi connectivity index (χ0) is 11.7. The highest BCUT2D eigenvalue weighted by atomic mass is 16.5. The van der Waals surface area contributed by atoms with Gasteiger partial charge in [-0.05, 0) is 25.7 Å². The first kappa shape index (κ1) is 14.2. The second-order valence-corrected chi connectivity index (χ2v) is 4.12. The van der Waals surface area contributed by atoms with E-state index in [4.69, 9.17) is 4.74 Å². The molecule has 0 bridgehead atoms. The van der Waals surface area contributed by atoms with Crippen LogP contribution in [0.3, 0.4) is 0 Å². The van der Waals surface area contributed by atoms with E-state index in [2.05, 4.69) is 20.4 Å². The van der Waals surface area contributed by atoms with Crippen LogP contribution in [0.1, 0.15) is 52.9 Å². The second-order valence-electron chi connectivity index (χ2n) is 4.12. The van der Waals surface area contributed by atoms with Crippen LogP contribution >= 0.6 is 0 Å². The van der Waals surface area contributed by atoms with Crippen LogP contribution < -0.4 is 0 Å². The lowest BCUT2D eigenvalue weighted by atomic mass is 9.96. The topological polar surface area (TPSA) is 26.3 Å². The maximum absolute atomic E-state index is 11.1. The summed E-state index contributed by atoms with van der Waals surface area (Å²) < 4.78 is 5.04. The molecular formula is C13H24O2. The van der Waals surface area contributed by atoms with E-state index in [0.717, 1.165) is 18.8 Å². The van der Waals surface area contributed by atoms with Gasteiger partial charge in [0.05, 0.1) is 6.61 Å². The smallest absolute Gasteiger partial charge is 0.333 e. The number of rotatable bonds is 8. The molecule has 0 amide bonds. The molecule has 0 aromatic carbocycles.